The molecule has 2 aliphatic rings. The summed E-state index contributed by atoms with van der Waals surface area (Å²) in [6, 6.07) is 14.5. The average Bonchev–Trinajstić information content (AvgIpc) is 3.09. The summed E-state index contributed by atoms with van der Waals surface area (Å²) < 4.78 is 11.9. The minimum absolute atomic E-state index is 0.0384. The number of benzene rings is 2. The summed E-state index contributed by atoms with van der Waals surface area (Å²) >= 11 is 0. The predicted molar refractivity (Wildman–Crippen MR) is 115 cm³/mol. The maximum Gasteiger partial charge on any atom is 0.169 e. The smallest absolute Gasteiger partial charge is 0.169 e. The Labute approximate surface area is 173 Å². The summed E-state index contributed by atoms with van der Waals surface area (Å²) in [6.45, 7) is 5.58. The van der Waals surface area contributed by atoms with E-state index in [1.165, 1.54) is 5.56 Å². The molecular formula is C25H29NO3. The number of carbonyl (C=O) groups excluding carboxylic acids is 1. The Bertz CT molecular complexity index is 908. The Morgan fingerprint density at radius 1 is 1.21 bits per heavy atom. The maximum absolute atomic E-state index is 12.2. The molecule has 2 unspecified atom stereocenters. The van der Waals surface area contributed by atoms with E-state index in [4.69, 9.17) is 9.47 Å². The largest absolute Gasteiger partial charge is 0.493 e. The highest BCUT2D eigenvalue weighted by atomic mass is 16.5. The molecule has 2 atom stereocenters. The third-order valence-corrected chi connectivity index (χ3v) is 6.70. The van der Waals surface area contributed by atoms with E-state index in [9.17, 15) is 4.79 Å². The quantitative estimate of drug-likeness (QED) is 0.721. The molecule has 152 valence electrons. The lowest BCUT2D eigenvalue weighted by molar-refractivity contribution is -0.122. The Balaban J connectivity index is 1.76. The van der Waals surface area contributed by atoms with Gasteiger partial charge in [0.15, 0.2) is 11.5 Å². The summed E-state index contributed by atoms with van der Waals surface area (Å²) in [6.07, 6.45) is 5.09. The standard InChI is InChI=1S/C25H29NO3/c1-4-20-21(25-13-12-19(27)16-23(25)26(2)15-14-25)10-11-22(28-3)24(20)29-17-18-8-6-5-7-9-18/h4-11,23H,1,12-17H2,2-3H3. The zero-order valence-electron chi connectivity index (χ0n) is 17.3. The number of fused-ring (bicyclic) bond motifs is 1. The van der Waals surface area contributed by atoms with Gasteiger partial charge in [-0.15, -0.1) is 0 Å². The molecule has 1 aliphatic heterocycles. The first kappa shape index (κ1) is 19.7. The third-order valence-electron chi connectivity index (χ3n) is 6.70. The van der Waals surface area contributed by atoms with Crippen LogP contribution in [0.15, 0.2) is 49.0 Å². The molecule has 0 spiro atoms. The number of likely N-dealkylation sites (tertiary alicyclic amines) is 1. The first-order chi connectivity index (χ1) is 14.1. The second-order valence-electron chi connectivity index (χ2n) is 8.18. The monoisotopic (exact) mass is 391 g/mol. The SMILES string of the molecule is C=Cc1c(C23CCC(=O)CC2N(C)CC3)ccc(OC)c1OCc1ccccc1. The number of nitrogens with zero attached hydrogens (tertiary/aromatic N) is 1. The summed E-state index contributed by atoms with van der Waals surface area (Å²) in [7, 11) is 3.80. The van der Waals surface area contributed by atoms with Crippen molar-refractivity contribution in [2.24, 2.45) is 0 Å². The number of Topliss-reactive ketones (excluding diaryl/α,β-unsaturated/α-hetero) is 1. The molecule has 2 aromatic rings. The van der Waals surface area contributed by atoms with Crippen LogP contribution in [0.2, 0.25) is 0 Å². The van der Waals surface area contributed by atoms with Gasteiger partial charge in [-0.2, -0.15) is 0 Å². The fourth-order valence-electron chi connectivity index (χ4n) is 5.15. The summed E-state index contributed by atoms with van der Waals surface area (Å²) in [5.41, 5.74) is 3.30. The van der Waals surface area contributed by atoms with Crippen molar-refractivity contribution in [3.05, 3.63) is 65.7 Å². The van der Waals surface area contributed by atoms with E-state index in [0.717, 1.165) is 36.3 Å². The second kappa shape index (κ2) is 8.03. The van der Waals surface area contributed by atoms with Crippen LogP contribution in [-0.4, -0.2) is 37.4 Å². The highest BCUT2D eigenvalue weighted by Gasteiger charge is 2.51. The summed E-state index contributed by atoms with van der Waals surface area (Å²) in [5, 5.41) is 0. The molecule has 0 aromatic heterocycles. The van der Waals surface area contributed by atoms with Crippen molar-refractivity contribution < 1.29 is 14.3 Å². The average molecular weight is 392 g/mol. The highest BCUT2D eigenvalue weighted by Crippen LogP contribution is 2.51. The molecule has 29 heavy (non-hydrogen) atoms. The zero-order valence-corrected chi connectivity index (χ0v) is 17.3. The number of carbonyl (C=O) groups is 1. The molecule has 1 aliphatic carbocycles. The molecule has 0 bridgehead atoms. The van der Waals surface area contributed by atoms with Gasteiger partial charge in [0.1, 0.15) is 12.4 Å². The predicted octanol–water partition coefficient (Wildman–Crippen LogP) is 4.61. The molecule has 1 saturated heterocycles. The van der Waals surface area contributed by atoms with Crippen LogP contribution in [0.3, 0.4) is 0 Å². The molecule has 4 rings (SSSR count). The number of ketones is 1. The lowest BCUT2D eigenvalue weighted by Gasteiger charge is -2.42. The molecule has 0 radical (unpaired) electrons. The van der Waals surface area contributed by atoms with Crippen LogP contribution < -0.4 is 9.47 Å². The fraction of sp³-hybridized carbons (Fsp3) is 0.400. The van der Waals surface area contributed by atoms with E-state index < -0.39 is 0 Å². The number of hydrogen-bond acceptors (Lipinski definition) is 4. The molecule has 1 heterocycles. The van der Waals surface area contributed by atoms with Gasteiger partial charge in [-0.3, -0.25) is 4.79 Å². The number of methoxy groups -OCH3 is 1. The molecule has 0 N–H and O–H groups in total. The van der Waals surface area contributed by atoms with E-state index in [1.807, 2.05) is 30.3 Å². The fourth-order valence-corrected chi connectivity index (χ4v) is 5.15. The van der Waals surface area contributed by atoms with Crippen LogP contribution in [0.25, 0.3) is 6.08 Å². The van der Waals surface area contributed by atoms with Crippen molar-refractivity contribution in [1.29, 1.82) is 0 Å². The lowest BCUT2D eigenvalue weighted by atomic mass is 9.64. The van der Waals surface area contributed by atoms with E-state index in [-0.39, 0.29) is 11.5 Å². The first-order valence-corrected chi connectivity index (χ1v) is 10.3. The maximum atomic E-state index is 12.2. The van der Waals surface area contributed by atoms with Crippen molar-refractivity contribution in [1.82, 2.24) is 4.90 Å². The Morgan fingerprint density at radius 2 is 2.00 bits per heavy atom. The van der Waals surface area contributed by atoms with Crippen molar-refractivity contribution in [3.8, 4) is 11.5 Å². The molecule has 0 amide bonds. The lowest BCUT2D eigenvalue weighted by Crippen LogP contribution is -2.46. The van der Waals surface area contributed by atoms with Gasteiger partial charge in [0.2, 0.25) is 0 Å². The number of rotatable bonds is 6. The minimum atomic E-state index is -0.0384. The zero-order chi connectivity index (χ0) is 20.4. The van der Waals surface area contributed by atoms with Crippen LogP contribution in [0.4, 0.5) is 0 Å². The van der Waals surface area contributed by atoms with Gasteiger partial charge in [-0.05, 0) is 43.6 Å². The minimum Gasteiger partial charge on any atom is -0.493 e. The van der Waals surface area contributed by atoms with Gasteiger partial charge in [0, 0.05) is 29.9 Å². The Morgan fingerprint density at radius 3 is 2.72 bits per heavy atom. The normalized spacial score (nSPS) is 24.2. The molecule has 4 nitrogen and oxygen atoms in total. The van der Waals surface area contributed by atoms with Crippen LogP contribution in [0, 0.1) is 0 Å². The number of ether oxygens (including phenoxy) is 2. The van der Waals surface area contributed by atoms with Gasteiger partial charge in [0.05, 0.1) is 7.11 Å². The van der Waals surface area contributed by atoms with Crippen LogP contribution >= 0.6 is 0 Å². The van der Waals surface area contributed by atoms with Gasteiger partial charge in [-0.25, -0.2) is 0 Å². The van der Waals surface area contributed by atoms with Crippen molar-refractivity contribution in [2.75, 3.05) is 20.7 Å². The van der Waals surface area contributed by atoms with Gasteiger partial charge in [-0.1, -0.05) is 49.1 Å². The van der Waals surface area contributed by atoms with Gasteiger partial charge >= 0.3 is 0 Å². The molecular weight excluding hydrogens is 362 g/mol. The first-order valence-electron chi connectivity index (χ1n) is 10.3. The van der Waals surface area contributed by atoms with Crippen molar-refractivity contribution >= 4 is 11.9 Å². The van der Waals surface area contributed by atoms with E-state index in [0.29, 0.717) is 31.0 Å². The number of likely N-dealkylation sites (N-methyl/N-ethyl adjacent to an activating group) is 1. The molecule has 2 aromatic carbocycles. The molecule has 1 saturated carbocycles. The Hall–Kier alpha value is -2.59. The van der Waals surface area contributed by atoms with E-state index in [1.54, 1.807) is 7.11 Å². The van der Waals surface area contributed by atoms with Crippen LogP contribution in [-0.2, 0) is 16.8 Å². The van der Waals surface area contributed by atoms with Gasteiger partial charge in [0.25, 0.3) is 0 Å². The number of hydrogen-bond donors (Lipinski definition) is 0. The van der Waals surface area contributed by atoms with Crippen LogP contribution in [0.1, 0.15) is 42.4 Å². The van der Waals surface area contributed by atoms with E-state index in [2.05, 4.69) is 36.7 Å². The molecule has 4 heteroatoms. The second-order valence-corrected chi connectivity index (χ2v) is 8.18. The summed E-state index contributed by atoms with van der Waals surface area (Å²) in [5.74, 6) is 1.82. The van der Waals surface area contributed by atoms with Crippen molar-refractivity contribution in [2.45, 2.75) is 43.7 Å². The van der Waals surface area contributed by atoms with Gasteiger partial charge < -0.3 is 14.4 Å². The van der Waals surface area contributed by atoms with Crippen molar-refractivity contribution in [3.63, 3.8) is 0 Å². The third kappa shape index (κ3) is 3.46. The van der Waals surface area contributed by atoms with Crippen LogP contribution in [0.5, 0.6) is 11.5 Å². The topological polar surface area (TPSA) is 38.8 Å². The Kier molecular flexibility index (Phi) is 5.46. The summed E-state index contributed by atoms with van der Waals surface area (Å²) in [4.78, 5) is 14.6. The molecule has 2 fully saturated rings. The van der Waals surface area contributed by atoms with E-state index >= 15 is 0 Å². The highest BCUT2D eigenvalue weighted by molar-refractivity contribution is 5.81.